The van der Waals surface area contributed by atoms with E-state index in [0.717, 1.165) is 11.8 Å². The SMILES string of the molecule is CC(CC1CCC(C(C)(C)C)C1)c1ccoc1. The van der Waals surface area contributed by atoms with Crippen molar-refractivity contribution in [3.63, 3.8) is 0 Å². The average molecular weight is 234 g/mol. The van der Waals surface area contributed by atoms with Gasteiger partial charge in [0, 0.05) is 0 Å². The van der Waals surface area contributed by atoms with Crippen LogP contribution in [-0.2, 0) is 0 Å². The Morgan fingerprint density at radius 3 is 2.65 bits per heavy atom. The third-order valence-corrected chi connectivity index (χ3v) is 4.57. The van der Waals surface area contributed by atoms with E-state index in [1.54, 1.807) is 6.26 Å². The zero-order chi connectivity index (χ0) is 12.5. The third kappa shape index (κ3) is 3.14. The Morgan fingerprint density at radius 2 is 2.12 bits per heavy atom. The van der Waals surface area contributed by atoms with E-state index in [0.29, 0.717) is 11.3 Å². The van der Waals surface area contributed by atoms with Crippen LogP contribution in [0.5, 0.6) is 0 Å². The molecule has 0 bridgehead atoms. The average Bonchev–Trinajstić information content (AvgIpc) is 2.85. The van der Waals surface area contributed by atoms with Crippen LogP contribution in [0.4, 0.5) is 0 Å². The van der Waals surface area contributed by atoms with Crippen LogP contribution < -0.4 is 0 Å². The van der Waals surface area contributed by atoms with Gasteiger partial charge >= 0.3 is 0 Å². The molecule has 1 saturated carbocycles. The first-order chi connectivity index (χ1) is 7.97. The zero-order valence-corrected chi connectivity index (χ0v) is 11.7. The first-order valence-electron chi connectivity index (χ1n) is 6.99. The van der Waals surface area contributed by atoms with Gasteiger partial charge in [-0.15, -0.1) is 0 Å². The number of hydrogen-bond acceptors (Lipinski definition) is 1. The summed E-state index contributed by atoms with van der Waals surface area (Å²) < 4.78 is 5.18. The Balaban J connectivity index is 1.86. The maximum Gasteiger partial charge on any atom is 0.0937 e. The lowest BCUT2D eigenvalue weighted by atomic mass is 9.78. The van der Waals surface area contributed by atoms with Gasteiger partial charge in [-0.2, -0.15) is 0 Å². The summed E-state index contributed by atoms with van der Waals surface area (Å²) >= 11 is 0. The summed E-state index contributed by atoms with van der Waals surface area (Å²) in [4.78, 5) is 0. The van der Waals surface area contributed by atoms with Crippen LogP contribution in [0.1, 0.15) is 64.9 Å². The molecule has 1 aliphatic rings. The van der Waals surface area contributed by atoms with Crippen molar-refractivity contribution in [2.24, 2.45) is 17.3 Å². The van der Waals surface area contributed by atoms with Crippen LogP contribution in [0.15, 0.2) is 23.0 Å². The van der Waals surface area contributed by atoms with E-state index in [-0.39, 0.29) is 0 Å². The Kier molecular flexibility index (Phi) is 3.65. The van der Waals surface area contributed by atoms with Gasteiger partial charge < -0.3 is 4.42 Å². The molecule has 0 aromatic carbocycles. The van der Waals surface area contributed by atoms with Gasteiger partial charge in [-0.3, -0.25) is 0 Å². The summed E-state index contributed by atoms with van der Waals surface area (Å²) in [6.07, 6.45) is 9.29. The van der Waals surface area contributed by atoms with E-state index < -0.39 is 0 Å². The summed E-state index contributed by atoms with van der Waals surface area (Å²) in [7, 11) is 0. The molecule has 0 N–H and O–H groups in total. The van der Waals surface area contributed by atoms with Crippen molar-refractivity contribution < 1.29 is 4.42 Å². The second-order valence-electron chi connectivity index (χ2n) is 6.94. The molecule has 1 fully saturated rings. The van der Waals surface area contributed by atoms with E-state index >= 15 is 0 Å². The Hall–Kier alpha value is -0.720. The molecule has 96 valence electrons. The van der Waals surface area contributed by atoms with Crippen LogP contribution in [-0.4, -0.2) is 0 Å². The molecule has 2 rings (SSSR count). The molecule has 0 saturated heterocycles. The van der Waals surface area contributed by atoms with Crippen molar-refractivity contribution in [1.29, 1.82) is 0 Å². The summed E-state index contributed by atoms with van der Waals surface area (Å²) in [5, 5.41) is 0. The van der Waals surface area contributed by atoms with Gasteiger partial charge in [0.2, 0.25) is 0 Å². The van der Waals surface area contributed by atoms with Gasteiger partial charge in [-0.05, 0) is 54.1 Å². The quantitative estimate of drug-likeness (QED) is 0.697. The maximum absolute atomic E-state index is 5.18. The Morgan fingerprint density at radius 1 is 1.35 bits per heavy atom. The maximum atomic E-state index is 5.18. The van der Waals surface area contributed by atoms with Gasteiger partial charge in [0.1, 0.15) is 0 Å². The van der Waals surface area contributed by atoms with Gasteiger partial charge in [0.15, 0.2) is 0 Å². The largest absolute Gasteiger partial charge is 0.472 e. The van der Waals surface area contributed by atoms with Crippen molar-refractivity contribution in [2.45, 2.75) is 59.3 Å². The van der Waals surface area contributed by atoms with Crippen molar-refractivity contribution in [2.75, 3.05) is 0 Å². The van der Waals surface area contributed by atoms with Crippen molar-refractivity contribution in [3.05, 3.63) is 24.2 Å². The molecule has 1 aromatic heterocycles. The monoisotopic (exact) mass is 234 g/mol. The lowest BCUT2D eigenvalue weighted by Crippen LogP contribution is -2.17. The minimum Gasteiger partial charge on any atom is -0.472 e. The van der Waals surface area contributed by atoms with Crippen LogP contribution in [0.25, 0.3) is 0 Å². The molecule has 0 spiro atoms. The van der Waals surface area contributed by atoms with Crippen LogP contribution in [0, 0.1) is 17.3 Å². The first-order valence-corrected chi connectivity index (χ1v) is 6.99. The Labute approximate surface area is 106 Å². The van der Waals surface area contributed by atoms with E-state index in [9.17, 15) is 0 Å². The smallest absolute Gasteiger partial charge is 0.0937 e. The standard InChI is InChI=1S/C16H26O/c1-12(14-7-8-17-11-14)9-13-5-6-15(10-13)16(2,3)4/h7-8,11-13,15H,5-6,9-10H2,1-4H3. The van der Waals surface area contributed by atoms with E-state index in [2.05, 4.69) is 33.8 Å². The lowest BCUT2D eigenvalue weighted by molar-refractivity contribution is 0.236. The minimum absolute atomic E-state index is 0.494. The molecule has 0 amide bonds. The molecular formula is C16H26O. The van der Waals surface area contributed by atoms with Crippen molar-refractivity contribution in [3.8, 4) is 0 Å². The van der Waals surface area contributed by atoms with Crippen LogP contribution >= 0.6 is 0 Å². The predicted molar refractivity (Wildman–Crippen MR) is 72.0 cm³/mol. The summed E-state index contributed by atoms with van der Waals surface area (Å²) in [5.74, 6) is 2.49. The first kappa shape index (κ1) is 12.7. The van der Waals surface area contributed by atoms with Gasteiger partial charge in [0.25, 0.3) is 0 Å². The zero-order valence-electron chi connectivity index (χ0n) is 11.7. The van der Waals surface area contributed by atoms with E-state index in [1.165, 1.54) is 31.2 Å². The molecular weight excluding hydrogens is 208 g/mol. The topological polar surface area (TPSA) is 13.1 Å². The van der Waals surface area contributed by atoms with Crippen molar-refractivity contribution >= 4 is 0 Å². The third-order valence-electron chi connectivity index (χ3n) is 4.57. The summed E-state index contributed by atoms with van der Waals surface area (Å²) in [6.45, 7) is 9.49. The second-order valence-corrected chi connectivity index (χ2v) is 6.94. The highest BCUT2D eigenvalue weighted by Gasteiger charge is 2.33. The van der Waals surface area contributed by atoms with Gasteiger partial charge in [-0.1, -0.05) is 34.1 Å². The molecule has 1 heterocycles. The highest BCUT2D eigenvalue weighted by molar-refractivity contribution is 5.11. The molecule has 1 aromatic rings. The number of rotatable bonds is 3. The highest BCUT2D eigenvalue weighted by atomic mass is 16.3. The van der Waals surface area contributed by atoms with Crippen molar-refractivity contribution in [1.82, 2.24) is 0 Å². The molecule has 0 radical (unpaired) electrons. The normalized spacial score (nSPS) is 27.3. The van der Waals surface area contributed by atoms with Crippen LogP contribution in [0.2, 0.25) is 0 Å². The lowest BCUT2D eigenvalue weighted by Gasteiger charge is -2.27. The highest BCUT2D eigenvalue weighted by Crippen LogP contribution is 2.44. The van der Waals surface area contributed by atoms with Gasteiger partial charge in [-0.25, -0.2) is 0 Å². The molecule has 3 unspecified atom stereocenters. The molecule has 0 aliphatic heterocycles. The summed E-state index contributed by atoms with van der Waals surface area (Å²) in [5.41, 5.74) is 1.86. The molecule has 1 heteroatoms. The summed E-state index contributed by atoms with van der Waals surface area (Å²) in [6, 6.07) is 2.11. The number of hydrogen-bond donors (Lipinski definition) is 0. The Bertz CT molecular complexity index is 331. The van der Waals surface area contributed by atoms with E-state index in [1.807, 2.05) is 6.26 Å². The fourth-order valence-corrected chi connectivity index (χ4v) is 3.27. The molecule has 1 aliphatic carbocycles. The van der Waals surface area contributed by atoms with Gasteiger partial charge in [0.05, 0.1) is 12.5 Å². The fourth-order valence-electron chi connectivity index (χ4n) is 3.27. The predicted octanol–water partition coefficient (Wildman–Crippen LogP) is 5.24. The molecule has 1 nitrogen and oxygen atoms in total. The minimum atomic E-state index is 0.494. The molecule has 17 heavy (non-hydrogen) atoms. The second kappa shape index (κ2) is 4.88. The fraction of sp³-hybridized carbons (Fsp3) is 0.750. The van der Waals surface area contributed by atoms with E-state index in [4.69, 9.17) is 4.42 Å². The van der Waals surface area contributed by atoms with Crippen LogP contribution in [0.3, 0.4) is 0 Å². The molecule has 3 atom stereocenters. The number of furan rings is 1.